The summed E-state index contributed by atoms with van der Waals surface area (Å²) < 4.78 is 4.71. The highest BCUT2D eigenvalue weighted by Crippen LogP contribution is 2.23. The minimum absolute atomic E-state index is 0.0593. The number of thiophene rings is 1. The maximum atomic E-state index is 12.5. The molecule has 0 aliphatic rings. The van der Waals surface area contributed by atoms with Gasteiger partial charge in [0.05, 0.1) is 36.8 Å². The molecule has 7 heteroatoms. The summed E-state index contributed by atoms with van der Waals surface area (Å²) in [6.45, 7) is 0. The molecule has 0 radical (unpaired) electrons. The first-order valence-corrected chi connectivity index (χ1v) is 8.18. The summed E-state index contributed by atoms with van der Waals surface area (Å²) in [4.78, 5) is 33.6. The van der Waals surface area contributed by atoms with Crippen LogP contribution < -0.4 is 5.32 Å². The highest BCUT2D eigenvalue weighted by molar-refractivity contribution is 7.10. The Balaban J connectivity index is 1.82. The molecule has 0 saturated heterocycles. The predicted molar refractivity (Wildman–Crippen MR) is 90.7 cm³/mol. The van der Waals surface area contributed by atoms with Gasteiger partial charge in [0.2, 0.25) is 0 Å². The maximum Gasteiger partial charge on any atom is 0.307 e. The van der Waals surface area contributed by atoms with Gasteiger partial charge in [-0.15, -0.1) is 11.3 Å². The molecule has 1 aromatic carbocycles. The van der Waals surface area contributed by atoms with Crippen LogP contribution in [0.3, 0.4) is 0 Å². The Morgan fingerprint density at radius 3 is 2.71 bits per heavy atom. The standard InChI is InChI=1S/C17H15N3O3S/c1-23-16(21)9-13(15-7-4-8-24-15)20-17(22)14-10-18-11-5-2-3-6-12(11)19-14/h2-8,10,13H,9H2,1H3,(H,20,22)/t13-/m0/s1. The topological polar surface area (TPSA) is 81.2 Å². The quantitative estimate of drug-likeness (QED) is 0.722. The van der Waals surface area contributed by atoms with Crippen molar-refractivity contribution in [3.8, 4) is 0 Å². The molecular weight excluding hydrogens is 326 g/mol. The predicted octanol–water partition coefficient (Wildman–Crippen LogP) is 2.73. The fourth-order valence-electron chi connectivity index (χ4n) is 2.26. The first-order valence-electron chi connectivity index (χ1n) is 7.30. The zero-order chi connectivity index (χ0) is 16.9. The summed E-state index contributed by atoms with van der Waals surface area (Å²) in [5.41, 5.74) is 1.57. The zero-order valence-electron chi connectivity index (χ0n) is 12.9. The number of rotatable bonds is 5. The van der Waals surface area contributed by atoms with Crippen molar-refractivity contribution in [1.29, 1.82) is 0 Å². The van der Waals surface area contributed by atoms with Crippen LogP contribution in [0, 0.1) is 0 Å². The van der Waals surface area contributed by atoms with Crippen molar-refractivity contribution in [2.45, 2.75) is 12.5 Å². The van der Waals surface area contributed by atoms with E-state index in [9.17, 15) is 9.59 Å². The lowest BCUT2D eigenvalue weighted by Gasteiger charge is -2.16. The second kappa shape index (κ2) is 7.18. The van der Waals surface area contributed by atoms with Crippen LogP contribution in [0.2, 0.25) is 0 Å². The van der Waals surface area contributed by atoms with Crippen LogP contribution in [0.5, 0.6) is 0 Å². The number of carbonyl (C=O) groups excluding carboxylic acids is 2. The monoisotopic (exact) mass is 341 g/mol. The van der Waals surface area contributed by atoms with Gasteiger partial charge in [0.25, 0.3) is 5.91 Å². The summed E-state index contributed by atoms with van der Waals surface area (Å²) in [6.07, 6.45) is 1.49. The van der Waals surface area contributed by atoms with Gasteiger partial charge in [0, 0.05) is 4.88 Å². The molecule has 2 heterocycles. The molecular formula is C17H15N3O3S. The molecule has 6 nitrogen and oxygen atoms in total. The maximum absolute atomic E-state index is 12.5. The number of hydrogen-bond acceptors (Lipinski definition) is 6. The average Bonchev–Trinajstić information content (AvgIpc) is 3.15. The van der Waals surface area contributed by atoms with Gasteiger partial charge in [-0.3, -0.25) is 14.6 Å². The molecule has 3 rings (SSSR count). The van der Waals surface area contributed by atoms with E-state index < -0.39 is 12.0 Å². The molecule has 0 unspecified atom stereocenters. The van der Waals surface area contributed by atoms with Crippen LogP contribution in [-0.2, 0) is 9.53 Å². The number of esters is 1. The van der Waals surface area contributed by atoms with E-state index in [-0.39, 0.29) is 18.0 Å². The van der Waals surface area contributed by atoms with Crippen LogP contribution in [0.25, 0.3) is 11.0 Å². The van der Waals surface area contributed by atoms with E-state index in [0.717, 1.165) is 10.4 Å². The number of ether oxygens (including phenoxy) is 1. The van der Waals surface area contributed by atoms with Crippen molar-refractivity contribution in [1.82, 2.24) is 15.3 Å². The smallest absolute Gasteiger partial charge is 0.307 e. The number of fused-ring (bicyclic) bond motifs is 1. The number of para-hydroxylation sites is 2. The Labute approximate surface area is 142 Å². The third kappa shape index (κ3) is 3.57. The van der Waals surface area contributed by atoms with Gasteiger partial charge >= 0.3 is 5.97 Å². The third-order valence-corrected chi connectivity index (χ3v) is 4.46. The van der Waals surface area contributed by atoms with Gasteiger partial charge in [-0.05, 0) is 23.6 Å². The number of aromatic nitrogens is 2. The fraction of sp³-hybridized carbons (Fsp3) is 0.176. The van der Waals surface area contributed by atoms with E-state index >= 15 is 0 Å². The van der Waals surface area contributed by atoms with Crippen molar-refractivity contribution in [2.75, 3.05) is 7.11 Å². The molecule has 0 spiro atoms. The Kier molecular flexibility index (Phi) is 4.81. The van der Waals surface area contributed by atoms with E-state index in [2.05, 4.69) is 15.3 Å². The summed E-state index contributed by atoms with van der Waals surface area (Å²) in [7, 11) is 1.32. The average molecular weight is 341 g/mol. The van der Waals surface area contributed by atoms with E-state index in [0.29, 0.717) is 5.52 Å². The fourth-order valence-corrected chi connectivity index (χ4v) is 3.04. The minimum Gasteiger partial charge on any atom is -0.469 e. The normalized spacial score (nSPS) is 11.9. The Morgan fingerprint density at radius 2 is 2.00 bits per heavy atom. The zero-order valence-corrected chi connectivity index (χ0v) is 13.7. The first-order chi connectivity index (χ1) is 11.7. The van der Waals surface area contributed by atoms with E-state index in [4.69, 9.17) is 4.74 Å². The first kappa shape index (κ1) is 16.1. The third-order valence-electron chi connectivity index (χ3n) is 3.47. The molecule has 24 heavy (non-hydrogen) atoms. The molecule has 0 aliphatic heterocycles. The molecule has 0 aliphatic carbocycles. The van der Waals surface area contributed by atoms with Crippen LogP contribution >= 0.6 is 11.3 Å². The van der Waals surface area contributed by atoms with Crippen molar-refractivity contribution < 1.29 is 14.3 Å². The van der Waals surface area contributed by atoms with Crippen molar-refractivity contribution in [3.05, 3.63) is 58.5 Å². The minimum atomic E-state index is -0.460. The number of amides is 1. The summed E-state index contributed by atoms with van der Waals surface area (Å²) in [5.74, 6) is -0.770. The van der Waals surface area contributed by atoms with Crippen LogP contribution in [0.1, 0.15) is 27.8 Å². The molecule has 3 aromatic rings. The van der Waals surface area contributed by atoms with Crippen LogP contribution in [-0.4, -0.2) is 29.0 Å². The largest absolute Gasteiger partial charge is 0.469 e. The Bertz CT molecular complexity index is 864. The molecule has 1 atom stereocenters. The summed E-state index contributed by atoms with van der Waals surface area (Å²) in [5, 5.41) is 4.72. The number of nitrogens with zero attached hydrogens (tertiary/aromatic N) is 2. The van der Waals surface area contributed by atoms with Crippen LogP contribution in [0.4, 0.5) is 0 Å². The SMILES string of the molecule is COC(=O)C[C@H](NC(=O)c1cnc2ccccc2n1)c1cccs1. The lowest BCUT2D eigenvalue weighted by atomic mass is 10.1. The summed E-state index contributed by atoms with van der Waals surface area (Å²) >= 11 is 1.46. The molecule has 122 valence electrons. The molecule has 1 amide bonds. The molecule has 0 bridgehead atoms. The lowest BCUT2D eigenvalue weighted by molar-refractivity contribution is -0.141. The van der Waals surface area contributed by atoms with Crippen molar-refractivity contribution in [2.24, 2.45) is 0 Å². The number of methoxy groups -OCH3 is 1. The van der Waals surface area contributed by atoms with Crippen LogP contribution in [0.15, 0.2) is 48.0 Å². The van der Waals surface area contributed by atoms with Gasteiger partial charge in [-0.1, -0.05) is 18.2 Å². The van der Waals surface area contributed by atoms with Crippen molar-refractivity contribution >= 4 is 34.2 Å². The van der Waals surface area contributed by atoms with Gasteiger partial charge < -0.3 is 10.1 Å². The molecule has 1 N–H and O–H groups in total. The molecule has 0 saturated carbocycles. The second-order valence-electron chi connectivity index (χ2n) is 5.07. The number of carbonyl (C=O) groups is 2. The van der Waals surface area contributed by atoms with Crippen molar-refractivity contribution in [3.63, 3.8) is 0 Å². The molecule has 0 fully saturated rings. The Hall–Kier alpha value is -2.80. The van der Waals surface area contributed by atoms with Gasteiger partial charge in [-0.2, -0.15) is 0 Å². The van der Waals surface area contributed by atoms with Gasteiger partial charge in [0.15, 0.2) is 0 Å². The molecule has 2 aromatic heterocycles. The van der Waals surface area contributed by atoms with E-state index in [1.165, 1.54) is 24.6 Å². The number of hydrogen-bond donors (Lipinski definition) is 1. The lowest BCUT2D eigenvalue weighted by Crippen LogP contribution is -2.30. The van der Waals surface area contributed by atoms with E-state index in [1.807, 2.05) is 35.7 Å². The highest BCUT2D eigenvalue weighted by atomic mass is 32.1. The highest BCUT2D eigenvalue weighted by Gasteiger charge is 2.21. The van der Waals surface area contributed by atoms with Gasteiger partial charge in [0.1, 0.15) is 5.69 Å². The Morgan fingerprint density at radius 1 is 1.21 bits per heavy atom. The number of nitrogens with one attached hydrogen (secondary N) is 1. The van der Waals surface area contributed by atoms with Gasteiger partial charge in [-0.25, -0.2) is 4.98 Å². The van der Waals surface area contributed by atoms with E-state index in [1.54, 1.807) is 6.07 Å². The summed E-state index contributed by atoms with van der Waals surface area (Å²) in [6, 6.07) is 10.6. The second-order valence-corrected chi connectivity index (χ2v) is 6.04. The number of benzene rings is 1.